The van der Waals surface area contributed by atoms with Crippen molar-refractivity contribution < 1.29 is 4.42 Å². The van der Waals surface area contributed by atoms with Crippen molar-refractivity contribution in [1.29, 1.82) is 0 Å². The third-order valence-corrected chi connectivity index (χ3v) is 5.95. The third kappa shape index (κ3) is 5.15. The first-order valence-electron chi connectivity index (χ1n) is 11.9. The number of nitrogens with zero attached hydrogens (tertiary/aromatic N) is 11. The van der Waals surface area contributed by atoms with Crippen LogP contribution in [0.3, 0.4) is 0 Å². The number of thiazole rings is 1. The molecule has 7 aromatic heterocycles. The fraction of sp³-hybridized carbons (Fsp3) is 0. The van der Waals surface area contributed by atoms with Gasteiger partial charge in [-0.05, 0) is 22.6 Å². The van der Waals surface area contributed by atoms with Crippen molar-refractivity contribution in [3.05, 3.63) is 54.7 Å². The average Bonchev–Trinajstić information content (AvgIpc) is 3.84. The zero-order valence-electron chi connectivity index (χ0n) is 20.9. The van der Waals surface area contributed by atoms with Crippen LogP contribution in [0.25, 0.3) is 0 Å². The molecule has 22 nitrogen and oxygen atoms in total. The Balaban J connectivity index is 1.32. The van der Waals surface area contributed by atoms with Gasteiger partial charge in [0.25, 0.3) is 0 Å². The zero-order chi connectivity index (χ0) is 28.1. The highest BCUT2D eigenvalue weighted by atomic mass is 32.1. The number of imidazole rings is 1. The van der Waals surface area contributed by atoms with Gasteiger partial charge in [-0.1, -0.05) is 10.3 Å². The summed E-state index contributed by atoms with van der Waals surface area (Å²) in [6.45, 7) is 0. The van der Waals surface area contributed by atoms with E-state index >= 15 is 0 Å². The number of hydrazine groups is 3. The van der Waals surface area contributed by atoms with Crippen molar-refractivity contribution in [2.45, 2.75) is 0 Å². The molecule has 0 fully saturated rings. The summed E-state index contributed by atoms with van der Waals surface area (Å²) in [5.41, 5.74) is 6.96. The smallest absolute Gasteiger partial charge is 0.342 e. The van der Waals surface area contributed by atoms with Crippen LogP contribution in [-0.4, -0.2) is 71.2 Å². The molecule has 0 radical (unpaired) electrons. The van der Waals surface area contributed by atoms with Crippen LogP contribution in [0.15, 0.2) is 59.1 Å². The molecule has 42 heavy (non-hydrogen) atoms. The van der Waals surface area contributed by atoms with E-state index in [1.54, 1.807) is 37.2 Å². The van der Waals surface area contributed by atoms with E-state index in [2.05, 4.69) is 98.0 Å². The SMILES string of the molecule is c1c[nH]c(Nc2c[nH]nc2N(Nc2ncc[nH]2)N(Nc2nccs2)c2nc(Nc3nnn[nH]3)c(Nc3c[nH]nn3)o2)c1. The second-order valence-corrected chi connectivity index (χ2v) is 8.88. The number of tetrazole rings is 1. The Hall–Kier alpha value is -6.65. The summed E-state index contributed by atoms with van der Waals surface area (Å²) < 4.78 is 6.21. The van der Waals surface area contributed by atoms with Crippen molar-refractivity contribution in [2.75, 3.05) is 37.0 Å². The summed E-state index contributed by atoms with van der Waals surface area (Å²) in [6, 6.07) is 3.75. The molecule has 212 valence electrons. The van der Waals surface area contributed by atoms with Crippen LogP contribution in [-0.2, 0) is 0 Å². The number of oxazole rings is 1. The molecule has 0 bridgehead atoms. The van der Waals surface area contributed by atoms with Gasteiger partial charge in [0.15, 0.2) is 11.6 Å². The maximum absolute atomic E-state index is 6.21. The standard InChI is InChI=1S/C19H19N21OS/c1-2-11(20-3-1)26-10-8-24-31-14(10)39(34-16-21-4-5-22-16)40(35-18-23-6-7-42-18)19-29-13(28-17-32-37-38-33-17)15(41-19)27-12-9-25-36-30-12/h1-9,20,26H,(H,23,35)(H,24,31)(H2,21,22,34)(H2,25,27,30,36)(H2,28,32,33,37,38). The van der Waals surface area contributed by atoms with E-state index < -0.39 is 0 Å². The lowest BCUT2D eigenvalue weighted by molar-refractivity contribution is 0.554. The fourth-order valence-electron chi connectivity index (χ4n) is 3.54. The topological polar surface area (TPSA) is 275 Å². The molecule has 0 saturated heterocycles. The van der Waals surface area contributed by atoms with E-state index in [1.165, 1.54) is 21.6 Å². The summed E-state index contributed by atoms with van der Waals surface area (Å²) in [7, 11) is 0. The van der Waals surface area contributed by atoms with Crippen LogP contribution in [0, 0.1) is 0 Å². The Kier molecular flexibility index (Phi) is 6.30. The van der Waals surface area contributed by atoms with Gasteiger partial charge in [0.2, 0.25) is 28.7 Å². The molecular weight excluding hydrogens is 570 g/mol. The van der Waals surface area contributed by atoms with Gasteiger partial charge in [0, 0.05) is 36.4 Å². The Morgan fingerprint density at radius 3 is 2.64 bits per heavy atom. The molecule has 0 aliphatic rings. The maximum atomic E-state index is 6.21. The molecular formula is C19H19N21OS. The lowest BCUT2D eigenvalue weighted by Gasteiger charge is -2.33. The second-order valence-electron chi connectivity index (χ2n) is 7.99. The van der Waals surface area contributed by atoms with Crippen LogP contribution in [0.1, 0.15) is 0 Å². The van der Waals surface area contributed by atoms with Crippen LogP contribution >= 0.6 is 11.3 Å². The minimum absolute atomic E-state index is 0.0130. The normalized spacial score (nSPS) is 10.9. The van der Waals surface area contributed by atoms with E-state index in [4.69, 9.17) is 4.42 Å². The molecule has 7 rings (SSSR count). The predicted octanol–water partition coefficient (Wildman–Crippen LogP) is 2.05. The monoisotopic (exact) mass is 589 g/mol. The molecule has 0 aromatic carbocycles. The second kappa shape index (κ2) is 10.8. The van der Waals surface area contributed by atoms with E-state index in [9.17, 15) is 0 Å². The summed E-state index contributed by atoms with van der Waals surface area (Å²) in [5, 5.41) is 45.9. The number of hydrogen-bond donors (Lipinski definition) is 10. The molecule has 0 aliphatic carbocycles. The van der Waals surface area contributed by atoms with E-state index in [-0.39, 0.29) is 23.7 Å². The fourth-order valence-corrected chi connectivity index (χ4v) is 4.05. The van der Waals surface area contributed by atoms with Gasteiger partial charge < -0.3 is 30.3 Å². The molecule has 0 saturated carbocycles. The Labute approximate surface area is 236 Å². The van der Waals surface area contributed by atoms with Crippen LogP contribution < -0.4 is 37.0 Å². The summed E-state index contributed by atoms with van der Waals surface area (Å²) in [4.78, 5) is 19.5. The molecule has 0 unspecified atom stereocenters. The molecule has 10 N–H and O–H groups in total. The van der Waals surface area contributed by atoms with E-state index in [0.717, 1.165) is 5.82 Å². The van der Waals surface area contributed by atoms with Crippen LogP contribution in [0.4, 0.5) is 57.9 Å². The highest BCUT2D eigenvalue weighted by molar-refractivity contribution is 7.13. The number of anilines is 10. The van der Waals surface area contributed by atoms with Crippen molar-refractivity contribution in [2.24, 2.45) is 0 Å². The Bertz CT molecular complexity index is 1720. The van der Waals surface area contributed by atoms with Gasteiger partial charge in [-0.3, -0.25) is 10.2 Å². The number of hydrogen-bond acceptors (Lipinski definition) is 18. The largest absolute Gasteiger partial charge is 0.402 e. The zero-order valence-corrected chi connectivity index (χ0v) is 21.7. The summed E-state index contributed by atoms with van der Waals surface area (Å²) in [6.07, 6.45) is 9.94. The molecule has 7 heterocycles. The third-order valence-electron chi connectivity index (χ3n) is 5.27. The molecule has 23 heteroatoms. The van der Waals surface area contributed by atoms with Gasteiger partial charge in [-0.25, -0.2) is 25.9 Å². The average molecular weight is 590 g/mol. The van der Waals surface area contributed by atoms with Gasteiger partial charge in [0.05, 0.1) is 6.20 Å². The highest BCUT2D eigenvalue weighted by Crippen LogP contribution is 2.35. The number of nitrogens with one attached hydrogen (secondary N) is 10. The lowest BCUT2D eigenvalue weighted by Crippen LogP contribution is -2.51. The number of aromatic nitrogens is 14. The molecule has 0 amide bonds. The minimum atomic E-state index is 0.0130. The Morgan fingerprint density at radius 2 is 1.88 bits per heavy atom. The van der Waals surface area contributed by atoms with Crippen LogP contribution in [0.5, 0.6) is 0 Å². The first kappa shape index (κ1) is 24.4. The van der Waals surface area contributed by atoms with Gasteiger partial charge >= 0.3 is 6.01 Å². The van der Waals surface area contributed by atoms with Crippen LogP contribution in [0.2, 0.25) is 0 Å². The van der Waals surface area contributed by atoms with E-state index in [0.29, 0.717) is 28.4 Å². The quantitative estimate of drug-likeness (QED) is 0.0861. The van der Waals surface area contributed by atoms with Crippen molar-refractivity contribution in [3.8, 4) is 0 Å². The molecule has 7 aromatic rings. The number of rotatable bonds is 13. The molecule has 0 aliphatic heterocycles. The number of H-pyrrole nitrogens is 5. The Morgan fingerprint density at radius 1 is 0.881 bits per heavy atom. The van der Waals surface area contributed by atoms with Crippen molar-refractivity contribution >= 4 is 69.2 Å². The molecule has 0 spiro atoms. The first-order valence-corrected chi connectivity index (χ1v) is 12.8. The van der Waals surface area contributed by atoms with Gasteiger partial charge in [-0.2, -0.15) is 10.1 Å². The van der Waals surface area contributed by atoms with E-state index in [1.807, 2.05) is 17.5 Å². The number of aromatic amines is 5. The van der Waals surface area contributed by atoms with Crippen molar-refractivity contribution in [1.82, 2.24) is 71.2 Å². The van der Waals surface area contributed by atoms with Crippen molar-refractivity contribution in [3.63, 3.8) is 0 Å². The maximum Gasteiger partial charge on any atom is 0.342 e. The van der Waals surface area contributed by atoms with Gasteiger partial charge in [-0.15, -0.1) is 26.7 Å². The lowest BCUT2D eigenvalue weighted by atomic mass is 10.5. The predicted molar refractivity (Wildman–Crippen MR) is 149 cm³/mol. The first-order chi connectivity index (χ1) is 20.8. The minimum Gasteiger partial charge on any atom is -0.402 e. The molecule has 0 atom stereocenters. The van der Waals surface area contributed by atoms with Gasteiger partial charge in [0.1, 0.15) is 11.5 Å². The summed E-state index contributed by atoms with van der Waals surface area (Å²) in [5.74, 6) is 2.43. The summed E-state index contributed by atoms with van der Waals surface area (Å²) >= 11 is 1.35. The highest BCUT2D eigenvalue weighted by Gasteiger charge is 2.30.